The van der Waals surface area contributed by atoms with Crippen molar-refractivity contribution in [3.05, 3.63) is 43.0 Å². The number of anilines is 2. The lowest BCUT2D eigenvalue weighted by atomic mass is 10.1. The van der Waals surface area contributed by atoms with Crippen LogP contribution in [0.5, 0.6) is 0 Å². The maximum atomic E-state index is 10.5. The molecule has 3 heterocycles. The van der Waals surface area contributed by atoms with Crippen molar-refractivity contribution in [2.75, 3.05) is 29.9 Å². The SMILES string of the molecule is OC[C@H]1C[C@@H](n2cnc3c(N[C@H]4CCN(c5ccccc5)C4)ncnc32)[C@@H](O)[C@H]1O. The lowest BCUT2D eigenvalue weighted by Gasteiger charge is -2.19. The highest BCUT2D eigenvalue weighted by atomic mass is 16.3. The maximum Gasteiger partial charge on any atom is 0.165 e. The van der Waals surface area contributed by atoms with E-state index in [-0.39, 0.29) is 24.6 Å². The summed E-state index contributed by atoms with van der Waals surface area (Å²) in [5, 5.41) is 33.6. The van der Waals surface area contributed by atoms with Gasteiger partial charge in [-0.15, -0.1) is 0 Å². The molecule has 3 aromatic rings. The van der Waals surface area contributed by atoms with Crippen LogP contribution in [0, 0.1) is 5.92 Å². The van der Waals surface area contributed by atoms with E-state index in [1.807, 2.05) is 18.2 Å². The first-order valence-electron chi connectivity index (χ1n) is 10.4. The average molecular weight is 410 g/mol. The summed E-state index contributed by atoms with van der Waals surface area (Å²) in [7, 11) is 0. The number of aliphatic hydroxyl groups is 3. The van der Waals surface area contributed by atoms with Crippen molar-refractivity contribution in [3.63, 3.8) is 0 Å². The van der Waals surface area contributed by atoms with E-state index in [0.29, 0.717) is 23.4 Å². The molecule has 2 fully saturated rings. The Balaban J connectivity index is 1.36. The van der Waals surface area contributed by atoms with Crippen LogP contribution in [0.4, 0.5) is 11.5 Å². The van der Waals surface area contributed by atoms with Gasteiger partial charge in [-0.1, -0.05) is 18.2 Å². The van der Waals surface area contributed by atoms with Gasteiger partial charge in [-0.2, -0.15) is 0 Å². The Morgan fingerprint density at radius 3 is 2.67 bits per heavy atom. The highest BCUT2D eigenvalue weighted by Gasteiger charge is 2.42. The molecule has 2 aromatic heterocycles. The Morgan fingerprint density at radius 1 is 1.07 bits per heavy atom. The zero-order valence-electron chi connectivity index (χ0n) is 16.5. The van der Waals surface area contributed by atoms with Crippen molar-refractivity contribution in [3.8, 4) is 0 Å². The third kappa shape index (κ3) is 3.28. The van der Waals surface area contributed by atoms with Crippen LogP contribution in [0.1, 0.15) is 18.9 Å². The fourth-order valence-corrected chi connectivity index (χ4v) is 4.70. The summed E-state index contributed by atoms with van der Waals surface area (Å²) in [5.41, 5.74) is 2.47. The number of aromatic nitrogens is 4. The summed E-state index contributed by atoms with van der Waals surface area (Å²) in [6.07, 6.45) is 2.65. The van der Waals surface area contributed by atoms with Gasteiger partial charge in [0.15, 0.2) is 11.5 Å². The molecule has 0 radical (unpaired) electrons. The molecule has 9 heteroatoms. The van der Waals surface area contributed by atoms with E-state index in [2.05, 4.69) is 37.3 Å². The summed E-state index contributed by atoms with van der Waals surface area (Å²) in [6, 6.07) is 10.2. The van der Waals surface area contributed by atoms with E-state index in [9.17, 15) is 15.3 Å². The number of nitrogens with one attached hydrogen (secondary N) is 1. The Bertz CT molecular complexity index is 1010. The van der Waals surface area contributed by atoms with Gasteiger partial charge in [0.1, 0.15) is 17.9 Å². The van der Waals surface area contributed by atoms with E-state index in [0.717, 1.165) is 19.5 Å². The molecular formula is C21H26N6O3. The average Bonchev–Trinajstić information content (AvgIpc) is 3.48. The van der Waals surface area contributed by atoms with Gasteiger partial charge in [-0.3, -0.25) is 0 Å². The standard InChI is InChI=1S/C21H26N6O3/c28-10-13-8-16(19(30)18(13)29)27-12-24-17-20(22-11-23-21(17)27)25-14-6-7-26(9-14)15-4-2-1-3-5-15/h1-5,11-14,16,18-19,28-30H,6-10H2,(H,22,23,25)/t13-,14+,16-,18+,19-/m1/s1. The molecule has 0 spiro atoms. The van der Waals surface area contributed by atoms with Crippen LogP contribution in [0.2, 0.25) is 0 Å². The monoisotopic (exact) mass is 410 g/mol. The first-order valence-corrected chi connectivity index (χ1v) is 10.4. The Labute approximate surface area is 174 Å². The lowest BCUT2D eigenvalue weighted by molar-refractivity contribution is -0.00370. The zero-order valence-corrected chi connectivity index (χ0v) is 16.5. The minimum Gasteiger partial charge on any atom is -0.396 e. The fraction of sp³-hybridized carbons (Fsp3) is 0.476. The van der Waals surface area contributed by atoms with Crippen LogP contribution in [0.15, 0.2) is 43.0 Å². The van der Waals surface area contributed by atoms with Gasteiger partial charge in [0.05, 0.1) is 18.5 Å². The van der Waals surface area contributed by atoms with Gasteiger partial charge in [0.2, 0.25) is 0 Å². The molecule has 0 unspecified atom stereocenters. The van der Waals surface area contributed by atoms with Gasteiger partial charge >= 0.3 is 0 Å². The Kier molecular flexibility index (Phi) is 5.01. The van der Waals surface area contributed by atoms with Crippen molar-refractivity contribution in [2.45, 2.75) is 37.1 Å². The first kappa shape index (κ1) is 19.2. The quantitative estimate of drug-likeness (QED) is 0.488. The highest BCUT2D eigenvalue weighted by Crippen LogP contribution is 2.37. The highest BCUT2D eigenvalue weighted by molar-refractivity contribution is 5.83. The van der Waals surface area contributed by atoms with E-state index >= 15 is 0 Å². The number of nitrogens with zero attached hydrogens (tertiary/aromatic N) is 5. The smallest absolute Gasteiger partial charge is 0.165 e. The summed E-state index contributed by atoms with van der Waals surface area (Å²) < 4.78 is 1.79. The van der Waals surface area contributed by atoms with Crippen LogP contribution in [-0.4, -0.2) is 72.8 Å². The van der Waals surface area contributed by atoms with E-state index in [1.165, 1.54) is 12.0 Å². The number of aliphatic hydroxyl groups excluding tert-OH is 3. The molecule has 30 heavy (non-hydrogen) atoms. The number of benzene rings is 1. The van der Waals surface area contributed by atoms with E-state index in [4.69, 9.17) is 0 Å². The third-order valence-electron chi connectivity index (χ3n) is 6.37. The Hall–Kier alpha value is -2.75. The molecule has 5 atom stereocenters. The maximum absolute atomic E-state index is 10.5. The molecule has 1 aliphatic heterocycles. The predicted molar refractivity (Wildman–Crippen MR) is 112 cm³/mol. The molecular weight excluding hydrogens is 384 g/mol. The molecule has 158 valence electrons. The summed E-state index contributed by atoms with van der Waals surface area (Å²) >= 11 is 0. The molecule has 9 nitrogen and oxygen atoms in total. The lowest BCUT2D eigenvalue weighted by Crippen LogP contribution is -2.30. The summed E-state index contributed by atoms with van der Waals surface area (Å²) in [5.74, 6) is 0.315. The molecule has 4 N–H and O–H groups in total. The predicted octanol–water partition coefficient (Wildman–Crippen LogP) is 0.792. The molecule has 2 aliphatic rings. The van der Waals surface area contributed by atoms with Crippen molar-refractivity contribution < 1.29 is 15.3 Å². The summed E-state index contributed by atoms with van der Waals surface area (Å²) in [4.78, 5) is 15.6. The largest absolute Gasteiger partial charge is 0.396 e. The van der Waals surface area contributed by atoms with Gasteiger partial charge in [-0.05, 0) is 25.0 Å². The second-order valence-corrected chi connectivity index (χ2v) is 8.18. The molecule has 1 aromatic carbocycles. The normalized spacial score (nSPS) is 29.0. The number of fused-ring (bicyclic) bond motifs is 1. The molecule has 1 saturated heterocycles. The molecule has 1 saturated carbocycles. The Morgan fingerprint density at radius 2 is 1.90 bits per heavy atom. The second-order valence-electron chi connectivity index (χ2n) is 8.18. The molecule has 0 bridgehead atoms. The van der Waals surface area contributed by atoms with Crippen LogP contribution in [-0.2, 0) is 0 Å². The van der Waals surface area contributed by atoms with Gasteiger partial charge in [0, 0.05) is 37.3 Å². The number of para-hydroxylation sites is 1. The number of hydrogen-bond acceptors (Lipinski definition) is 8. The number of rotatable bonds is 5. The zero-order chi connectivity index (χ0) is 20.7. The molecule has 0 amide bonds. The van der Waals surface area contributed by atoms with Crippen molar-refractivity contribution in [1.82, 2.24) is 19.5 Å². The van der Waals surface area contributed by atoms with Crippen molar-refractivity contribution in [1.29, 1.82) is 0 Å². The third-order valence-corrected chi connectivity index (χ3v) is 6.37. The van der Waals surface area contributed by atoms with Gasteiger partial charge < -0.3 is 30.1 Å². The van der Waals surface area contributed by atoms with Crippen LogP contribution >= 0.6 is 0 Å². The van der Waals surface area contributed by atoms with Gasteiger partial charge in [-0.25, -0.2) is 15.0 Å². The molecule has 1 aliphatic carbocycles. The van der Waals surface area contributed by atoms with E-state index in [1.54, 1.807) is 10.9 Å². The van der Waals surface area contributed by atoms with Crippen LogP contribution in [0.25, 0.3) is 11.2 Å². The minimum absolute atomic E-state index is 0.164. The number of imidazole rings is 1. The van der Waals surface area contributed by atoms with E-state index < -0.39 is 12.2 Å². The second kappa shape index (κ2) is 7.82. The van der Waals surface area contributed by atoms with Gasteiger partial charge in [0.25, 0.3) is 0 Å². The van der Waals surface area contributed by atoms with Crippen molar-refractivity contribution >= 4 is 22.7 Å². The first-order chi connectivity index (χ1) is 14.7. The summed E-state index contributed by atoms with van der Waals surface area (Å²) in [6.45, 7) is 1.68. The minimum atomic E-state index is -0.972. The van der Waals surface area contributed by atoms with Crippen LogP contribution in [0.3, 0.4) is 0 Å². The number of hydrogen-bond donors (Lipinski definition) is 4. The molecule has 5 rings (SSSR count). The fourth-order valence-electron chi connectivity index (χ4n) is 4.70. The van der Waals surface area contributed by atoms with Crippen molar-refractivity contribution in [2.24, 2.45) is 5.92 Å². The van der Waals surface area contributed by atoms with Crippen LogP contribution < -0.4 is 10.2 Å². The topological polar surface area (TPSA) is 120 Å².